The second kappa shape index (κ2) is 6.03. The lowest BCUT2D eigenvalue weighted by Crippen LogP contribution is -2.32. The van der Waals surface area contributed by atoms with E-state index in [1.807, 2.05) is 19.9 Å². The molecule has 106 valence electrons. The third kappa shape index (κ3) is 3.55. The van der Waals surface area contributed by atoms with Crippen molar-refractivity contribution in [1.29, 1.82) is 0 Å². The number of ether oxygens (including phenoxy) is 2. The van der Waals surface area contributed by atoms with Gasteiger partial charge in [0.25, 0.3) is 0 Å². The molecule has 4 nitrogen and oxygen atoms in total. The molecule has 0 spiro atoms. The molecular weight excluding hydrogens is 264 g/mol. The molecule has 5 heteroatoms. The van der Waals surface area contributed by atoms with Gasteiger partial charge in [-0.05, 0) is 18.1 Å². The Labute approximate surface area is 114 Å². The first-order valence-corrected chi connectivity index (χ1v) is 8.17. The first kappa shape index (κ1) is 14.5. The van der Waals surface area contributed by atoms with Crippen LogP contribution in [0.4, 0.5) is 0 Å². The van der Waals surface area contributed by atoms with Crippen LogP contribution in [0.5, 0.6) is 0 Å². The van der Waals surface area contributed by atoms with Crippen molar-refractivity contribution in [2.75, 3.05) is 19.0 Å². The molecule has 1 heterocycles. The molecule has 1 saturated heterocycles. The van der Waals surface area contributed by atoms with Crippen molar-refractivity contribution in [2.24, 2.45) is 11.8 Å². The summed E-state index contributed by atoms with van der Waals surface area (Å²) >= 11 is 0. The monoisotopic (exact) mass is 284 g/mol. The zero-order valence-electron chi connectivity index (χ0n) is 11.3. The molecule has 1 aromatic carbocycles. The molecule has 1 aliphatic heterocycles. The predicted molar refractivity (Wildman–Crippen MR) is 72.5 cm³/mol. The zero-order valence-corrected chi connectivity index (χ0v) is 12.1. The largest absolute Gasteiger partial charge is 0.350 e. The van der Waals surface area contributed by atoms with Crippen LogP contribution in [-0.4, -0.2) is 33.7 Å². The van der Waals surface area contributed by atoms with Crippen molar-refractivity contribution in [3.05, 3.63) is 30.3 Å². The Morgan fingerprint density at radius 1 is 1.16 bits per heavy atom. The predicted octanol–water partition coefficient (Wildman–Crippen LogP) is 2.11. The summed E-state index contributed by atoms with van der Waals surface area (Å²) in [6.45, 7) is 5.07. The van der Waals surface area contributed by atoms with E-state index in [9.17, 15) is 8.42 Å². The van der Waals surface area contributed by atoms with Crippen molar-refractivity contribution in [1.82, 2.24) is 0 Å². The van der Waals surface area contributed by atoms with Crippen LogP contribution in [0.25, 0.3) is 0 Å². The van der Waals surface area contributed by atoms with Crippen molar-refractivity contribution >= 4 is 9.84 Å². The maximum absolute atomic E-state index is 12.4. The summed E-state index contributed by atoms with van der Waals surface area (Å²) in [6.07, 6.45) is -0.404. The summed E-state index contributed by atoms with van der Waals surface area (Å²) < 4.78 is 35.7. The normalized spacial score (nSPS) is 18.9. The fourth-order valence-corrected chi connectivity index (χ4v) is 4.00. The van der Waals surface area contributed by atoms with Crippen molar-refractivity contribution in [2.45, 2.75) is 25.0 Å². The number of hydrogen-bond donors (Lipinski definition) is 0. The molecule has 0 aromatic heterocycles. The van der Waals surface area contributed by atoms with E-state index in [0.29, 0.717) is 18.1 Å². The first-order valence-electron chi connectivity index (χ1n) is 6.52. The Morgan fingerprint density at radius 2 is 1.74 bits per heavy atom. The second-order valence-electron chi connectivity index (χ2n) is 5.11. The minimum Gasteiger partial charge on any atom is -0.350 e. The van der Waals surface area contributed by atoms with Crippen LogP contribution in [0, 0.1) is 11.8 Å². The Morgan fingerprint density at radius 3 is 2.26 bits per heavy atom. The highest BCUT2D eigenvalue weighted by Crippen LogP contribution is 2.26. The Kier molecular flexibility index (Phi) is 4.60. The molecule has 1 fully saturated rings. The zero-order chi connectivity index (χ0) is 13.9. The van der Waals surface area contributed by atoms with Gasteiger partial charge in [-0.1, -0.05) is 32.0 Å². The summed E-state index contributed by atoms with van der Waals surface area (Å²) in [5.41, 5.74) is 0. The van der Waals surface area contributed by atoms with Crippen LogP contribution in [0.15, 0.2) is 35.2 Å². The van der Waals surface area contributed by atoms with Gasteiger partial charge in [0.2, 0.25) is 0 Å². The molecule has 0 radical (unpaired) electrons. The number of hydrogen-bond acceptors (Lipinski definition) is 4. The summed E-state index contributed by atoms with van der Waals surface area (Å²) in [4.78, 5) is 0.360. The van der Waals surface area contributed by atoms with Gasteiger partial charge in [0.1, 0.15) is 0 Å². The standard InChI is InChI=1S/C14H20O4S/c1-11(2)13(14-17-8-9-18-14)10-19(15,16)12-6-4-3-5-7-12/h3-7,11,13-14H,8-10H2,1-2H3. The summed E-state index contributed by atoms with van der Waals surface area (Å²) in [5.74, 6) is 0.0913. The smallest absolute Gasteiger partial charge is 0.178 e. The highest BCUT2D eigenvalue weighted by molar-refractivity contribution is 7.91. The van der Waals surface area contributed by atoms with E-state index in [1.165, 1.54) is 0 Å². The molecule has 19 heavy (non-hydrogen) atoms. The fraction of sp³-hybridized carbons (Fsp3) is 0.571. The minimum absolute atomic E-state index is 0.0549. The topological polar surface area (TPSA) is 52.6 Å². The lowest BCUT2D eigenvalue weighted by molar-refractivity contribution is -0.0887. The van der Waals surface area contributed by atoms with Gasteiger partial charge in [0.15, 0.2) is 16.1 Å². The minimum atomic E-state index is -3.30. The molecular formula is C14H20O4S. The maximum Gasteiger partial charge on any atom is 0.178 e. The van der Waals surface area contributed by atoms with E-state index < -0.39 is 16.1 Å². The van der Waals surface area contributed by atoms with Gasteiger partial charge in [-0.3, -0.25) is 0 Å². The van der Waals surface area contributed by atoms with Gasteiger partial charge in [-0.25, -0.2) is 8.42 Å². The van der Waals surface area contributed by atoms with E-state index in [2.05, 4.69) is 0 Å². The van der Waals surface area contributed by atoms with Gasteiger partial charge < -0.3 is 9.47 Å². The van der Waals surface area contributed by atoms with Crippen LogP contribution in [-0.2, 0) is 19.3 Å². The van der Waals surface area contributed by atoms with Crippen LogP contribution in [0.2, 0.25) is 0 Å². The van der Waals surface area contributed by atoms with Gasteiger partial charge in [0, 0.05) is 5.92 Å². The van der Waals surface area contributed by atoms with Crippen molar-refractivity contribution in [3.8, 4) is 0 Å². The molecule has 0 bridgehead atoms. The number of sulfone groups is 1. The molecule has 2 rings (SSSR count). The molecule has 1 unspecified atom stereocenters. The SMILES string of the molecule is CC(C)C(CS(=O)(=O)c1ccccc1)C1OCCO1. The summed E-state index contributed by atoms with van der Waals surface area (Å²) in [7, 11) is -3.30. The highest BCUT2D eigenvalue weighted by Gasteiger charge is 2.33. The van der Waals surface area contributed by atoms with Gasteiger partial charge >= 0.3 is 0 Å². The Bertz CT molecular complexity index is 489. The third-order valence-electron chi connectivity index (χ3n) is 3.37. The third-order valence-corrected chi connectivity index (χ3v) is 5.18. The Balaban J connectivity index is 2.17. The number of benzene rings is 1. The molecule has 0 amide bonds. The van der Waals surface area contributed by atoms with Crippen molar-refractivity contribution in [3.63, 3.8) is 0 Å². The lowest BCUT2D eigenvalue weighted by atomic mass is 9.97. The van der Waals surface area contributed by atoms with Gasteiger partial charge in [0.05, 0.1) is 23.9 Å². The average Bonchev–Trinajstić information content (AvgIpc) is 2.90. The quantitative estimate of drug-likeness (QED) is 0.831. The average molecular weight is 284 g/mol. The summed E-state index contributed by atoms with van der Waals surface area (Å²) in [6, 6.07) is 8.54. The summed E-state index contributed by atoms with van der Waals surface area (Å²) in [5, 5.41) is 0. The van der Waals surface area contributed by atoms with Crippen molar-refractivity contribution < 1.29 is 17.9 Å². The van der Waals surface area contributed by atoms with Crippen LogP contribution in [0.1, 0.15) is 13.8 Å². The van der Waals surface area contributed by atoms with Crippen LogP contribution >= 0.6 is 0 Å². The van der Waals surface area contributed by atoms with E-state index >= 15 is 0 Å². The number of rotatable bonds is 5. The molecule has 0 saturated carbocycles. The lowest BCUT2D eigenvalue weighted by Gasteiger charge is -2.25. The Hall–Kier alpha value is -0.910. The molecule has 0 aliphatic carbocycles. The van der Waals surface area contributed by atoms with E-state index in [1.54, 1.807) is 24.3 Å². The van der Waals surface area contributed by atoms with E-state index in [4.69, 9.17) is 9.47 Å². The molecule has 1 atom stereocenters. The molecule has 1 aromatic rings. The van der Waals surface area contributed by atoms with Gasteiger partial charge in [-0.15, -0.1) is 0 Å². The second-order valence-corrected chi connectivity index (χ2v) is 7.15. The van der Waals surface area contributed by atoms with Crippen LogP contribution < -0.4 is 0 Å². The van der Waals surface area contributed by atoms with E-state index in [0.717, 1.165) is 0 Å². The molecule has 0 N–H and O–H groups in total. The first-order chi connectivity index (χ1) is 9.00. The molecule has 1 aliphatic rings. The van der Waals surface area contributed by atoms with Gasteiger partial charge in [-0.2, -0.15) is 0 Å². The van der Waals surface area contributed by atoms with E-state index in [-0.39, 0.29) is 17.6 Å². The van der Waals surface area contributed by atoms with Crippen LogP contribution in [0.3, 0.4) is 0 Å². The fourth-order valence-electron chi connectivity index (χ4n) is 2.19. The highest BCUT2D eigenvalue weighted by atomic mass is 32.2. The maximum atomic E-state index is 12.4.